The van der Waals surface area contributed by atoms with Gasteiger partial charge in [0.15, 0.2) is 6.10 Å². The fourth-order valence-electron chi connectivity index (χ4n) is 6.42. The van der Waals surface area contributed by atoms with Gasteiger partial charge in [-0.05, 0) is 38.5 Å². The summed E-state index contributed by atoms with van der Waals surface area (Å²) in [6.45, 7) is 4.43. The van der Waals surface area contributed by atoms with Crippen LogP contribution in [0.25, 0.3) is 0 Å². The first-order chi connectivity index (χ1) is 26.5. The van der Waals surface area contributed by atoms with E-state index in [-0.39, 0.29) is 25.6 Å². The second kappa shape index (κ2) is 38.3. The molecule has 326 valence electrons. The Morgan fingerprint density at radius 2 is 0.927 bits per heavy atom. The van der Waals surface area contributed by atoms with E-state index in [1.807, 2.05) is 21.1 Å². The topological polar surface area (TPSA) is 108 Å². The van der Waals surface area contributed by atoms with E-state index in [0.717, 1.165) is 51.4 Å². The van der Waals surface area contributed by atoms with Crippen molar-refractivity contribution in [3.05, 3.63) is 12.2 Å². The summed E-state index contributed by atoms with van der Waals surface area (Å²) in [5.74, 6) is -0.798. The summed E-state index contributed by atoms with van der Waals surface area (Å²) in [6.07, 6.45) is 39.7. The second-order valence-electron chi connectivity index (χ2n) is 16.8. The number of ether oxygens (including phenoxy) is 2. The molecule has 0 aromatic heterocycles. The van der Waals surface area contributed by atoms with Gasteiger partial charge in [-0.25, -0.2) is 4.57 Å². The van der Waals surface area contributed by atoms with Crippen LogP contribution in [0.1, 0.15) is 213 Å². The number of esters is 2. The summed E-state index contributed by atoms with van der Waals surface area (Å²) in [4.78, 5) is 35.4. The molecule has 0 aliphatic heterocycles. The van der Waals surface area contributed by atoms with Crippen LogP contribution >= 0.6 is 7.82 Å². The van der Waals surface area contributed by atoms with Gasteiger partial charge in [0, 0.05) is 12.8 Å². The van der Waals surface area contributed by atoms with E-state index in [0.29, 0.717) is 23.9 Å². The molecule has 0 aliphatic rings. The molecule has 0 saturated heterocycles. The maximum absolute atomic E-state index is 12.7. The van der Waals surface area contributed by atoms with Crippen LogP contribution in [0, 0.1) is 0 Å². The van der Waals surface area contributed by atoms with Gasteiger partial charge in [-0.3, -0.25) is 18.6 Å². The summed E-state index contributed by atoms with van der Waals surface area (Å²) in [7, 11) is 1.48. The van der Waals surface area contributed by atoms with E-state index in [2.05, 4.69) is 26.0 Å². The number of hydrogen-bond acceptors (Lipinski definition) is 7. The lowest BCUT2D eigenvalue weighted by molar-refractivity contribution is -0.870. The van der Waals surface area contributed by atoms with Crippen molar-refractivity contribution in [2.45, 2.75) is 219 Å². The fourth-order valence-corrected chi connectivity index (χ4v) is 7.16. The number of hydrogen-bond donors (Lipinski definition) is 1. The van der Waals surface area contributed by atoms with Crippen LogP contribution in [0.15, 0.2) is 12.2 Å². The summed E-state index contributed by atoms with van der Waals surface area (Å²) >= 11 is 0. The van der Waals surface area contributed by atoms with Crippen LogP contribution in [0.5, 0.6) is 0 Å². The van der Waals surface area contributed by atoms with Gasteiger partial charge in [-0.1, -0.05) is 174 Å². The Morgan fingerprint density at radius 3 is 1.35 bits per heavy atom. The molecule has 0 aromatic rings. The number of likely N-dealkylation sites (N-methyl/N-ethyl adjacent to an activating group) is 1. The third-order valence-corrected chi connectivity index (χ3v) is 11.0. The molecule has 0 spiro atoms. The molecule has 0 radical (unpaired) electrons. The number of unbranched alkanes of at least 4 members (excludes halogenated alkanes) is 26. The van der Waals surface area contributed by atoms with Crippen molar-refractivity contribution in [2.75, 3.05) is 47.5 Å². The molecule has 0 aromatic carbocycles. The minimum Gasteiger partial charge on any atom is -0.462 e. The maximum atomic E-state index is 12.7. The van der Waals surface area contributed by atoms with E-state index < -0.39 is 26.5 Å². The SMILES string of the molecule is CCCCCCC/C=C\CCCCCCCC(=O)OC(COC(=O)CCCCCCCCCCCCCCCCCCC)COP(=O)(O)OCC[N+](C)(C)C. The number of allylic oxidation sites excluding steroid dienone is 2. The molecular weight excluding hydrogens is 713 g/mol. The van der Waals surface area contributed by atoms with Crippen LogP contribution in [0.3, 0.4) is 0 Å². The van der Waals surface area contributed by atoms with Crippen molar-refractivity contribution in [3.8, 4) is 0 Å². The number of phosphoric ester groups is 1. The molecule has 0 saturated carbocycles. The lowest BCUT2D eigenvalue weighted by Gasteiger charge is -2.24. The van der Waals surface area contributed by atoms with Gasteiger partial charge in [0.05, 0.1) is 27.7 Å². The first kappa shape index (κ1) is 53.8. The predicted molar refractivity (Wildman–Crippen MR) is 229 cm³/mol. The summed E-state index contributed by atoms with van der Waals surface area (Å²) in [5.41, 5.74) is 0. The lowest BCUT2D eigenvalue weighted by atomic mass is 10.0. The molecule has 0 aliphatic carbocycles. The quantitative estimate of drug-likeness (QED) is 0.0214. The number of carbonyl (C=O) groups excluding carboxylic acids is 2. The Balaban J connectivity index is 4.30. The average Bonchev–Trinajstić information content (AvgIpc) is 3.13. The molecule has 0 rings (SSSR count). The van der Waals surface area contributed by atoms with Crippen LogP contribution < -0.4 is 0 Å². The highest BCUT2D eigenvalue weighted by Gasteiger charge is 2.27. The molecule has 2 atom stereocenters. The lowest BCUT2D eigenvalue weighted by Crippen LogP contribution is -2.37. The zero-order chi connectivity index (χ0) is 40.7. The zero-order valence-electron chi connectivity index (χ0n) is 36.7. The molecule has 10 heteroatoms. The first-order valence-corrected chi connectivity index (χ1v) is 24.4. The Labute approximate surface area is 339 Å². The predicted octanol–water partition coefficient (Wildman–Crippen LogP) is 13.0. The number of rotatable bonds is 42. The van der Waals surface area contributed by atoms with Crippen molar-refractivity contribution in [2.24, 2.45) is 0 Å². The highest BCUT2D eigenvalue weighted by molar-refractivity contribution is 7.47. The number of phosphoric acid groups is 1. The normalized spacial score (nSPS) is 13.6. The van der Waals surface area contributed by atoms with Gasteiger partial charge in [0.25, 0.3) is 0 Å². The number of nitrogens with zero attached hydrogens (tertiary/aromatic N) is 1. The van der Waals surface area contributed by atoms with E-state index in [1.165, 1.54) is 128 Å². The Morgan fingerprint density at radius 1 is 0.545 bits per heavy atom. The van der Waals surface area contributed by atoms with Crippen molar-refractivity contribution < 1.29 is 42.1 Å². The summed E-state index contributed by atoms with van der Waals surface area (Å²) in [5, 5.41) is 0. The molecule has 55 heavy (non-hydrogen) atoms. The molecule has 0 amide bonds. The largest absolute Gasteiger partial charge is 0.472 e. The highest BCUT2D eigenvalue weighted by Crippen LogP contribution is 2.43. The maximum Gasteiger partial charge on any atom is 0.472 e. The summed E-state index contributed by atoms with van der Waals surface area (Å²) < 4.78 is 34.3. The van der Waals surface area contributed by atoms with Crippen LogP contribution in [0.4, 0.5) is 0 Å². The molecule has 0 heterocycles. The third-order valence-electron chi connectivity index (χ3n) is 10.0. The minimum absolute atomic E-state index is 0.0332. The van der Waals surface area contributed by atoms with Gasteiger partial charge in [-0.2, -0.15) is 0 Å². The standard InChI is InChI=1S/C45H88NO8P/c1-6-8-10-12-14-16-18-20-22-23-24-26-27-29-31-33-35-37-44(47)51-41-43(42-53-55(49,50)52-40-39-46(3,4)5)54-45(48)38-36-34-32-30-28-25-21-19-17-15-13-11-9-7-2/h19,21,43H,6-18,20,22-42H2,1-5H3/p+1/b21-19-. The molecule has 2 unspecified atom stereocenters. The van der Waals surface area contributed by atoms with Gasteiger partial charge < -0.3 is 18.9 Å². The van der Waals surface area contributed by atoms with E-state index in [9.17, 15) is 19.0 Å². The fraction of sp³-hybridized carbons (Fsp3) is 0.911. The second-order valence-corrected chi connectivity index (χ2v) is 18.2. The minimum atomic E-state index is -4.37. The molecule has 0 fully saturated rings. The molecular formula is C45H89NO8P+. The number of carbonyl (C=O) groups is 2. The average molecular weight is 803 g/mol. The third kappa shape index (κ3) is 42.2. The van der Waals surface area contributed by atoms with Gasteiger partial charge in [0.2, 0.25) is 0 Å². The van der Waals surface area contributed by atoms with E-state index >= 15 is 0 Å². The monoisotopic (exact) mass is 803 g/mol. The van der Waals surface area contributed by atoms with Crippen LogP contribution in [-0.4, -0.2) is 74.9 Å². The smallest absolute Gasteiger partial charge is 0.462 e. The van der Waals surface area contributed by atoms with E-state index in [4.69, 9.17) is 18.5 Å². The van der Waals surface area contributed by atoms with Gasteiger partial charge >= 0.3 is 19.8 Å². The van der Waals surface area contributed by atoms with Crippen molar-refractivity contribution in [1.29, 1.82) is 0 Å². The highest BCUT2D eigenvalue weighted by atomic mass is 31.2. The van der Waals surface area contributed by atoms with Crippen LogP contribution in [-0.2, 0) is 32.7 Å². The molecule has 0 bridgehead atoms. The molecule has 1 N–H and O–H groups in total. The first-order valence-electron chi connectivity index (χ1n) is 22.9. The Kier molecular flexibility index (Phi) is 37.4. The Hall–Kier alpha value is -1.25. The summed E-state index contributed by atoms with van der Waals surface area (Å²) in [6, 6.07) is 0. The van der Waals surface area contributed by atoms with Crippen molar-refractivity contribution >= 4 is 19.8 Å². The van der Waals surface area contributed by atoms with Gasteiger partial charge in [-0.15, -0.1) is 0 Å². The zero-order valence-corrected chi connectivity index (χ0v) is 37.6. The van der Waals surface area contributed by atoms with Crippen molar-refractivity contribution in [1.82, 2.24) is 0 Å². The van der Waals surface area contributed by atoms with Crippen molar-refractivity contribution in [3.63, 3.8) is 0 Å². The van der Waals surface area contributed by atoms with Crippen LogP contribution in [0.2, 0.25) is 0 Å². The number of quaternary nitrogens is 1. The van der Waals surface area contributed by atoms with E-state index in [1.54, 1.807) is 0 Å². The Bertz CT molecular complexity index is 954. The van der Waals surface area contributed by atoms with Gasteiger partial charge in [0.1, 0.15) is 19.8 Å². The molecule has 9 nitrogen and oxygen atoms in total.